The lowest BCUT2D eigenvalue weighted by Crippen LogP contribution is -2.57. The van der Waals surface area contributed by atoms with Gasteiger partial charge in [0.25, 0.3) is 5.91 Å². The lowest BCUT2D eigenvalue weighted by Gasteiger charge is -2.38. The average molecular weight is 355 g/mol. The van der Waals surface area contributed by atoms with Gasteiger partial charge in [-0.25, -0.2) is 0 Å². The van der Waals surface area contributed by atoms with Gasteiger partial charge in [0.05, 0.1) is 6.10 Å². The first-order chi connectivity index (χ1) is 11.1. The van der Waals surface area contributed by atoms with E-state index >= 15 is 0 Å². The van der Waals surface area contributed by atoms with Gasteiger partial charge in [-0.05, 0) is 51.0 Å². The van der Waals surface area contributed by atoms with E-state index in [2.05, 4.69) is 19.2 Å². The molecule has 6 heteroatoms. The van der Waals surface area contributed by atoms with Crippen LogP contribution in [-0.4, -0.2) is 55.3 Å². The van der Waals surface area contributed by atoms with E-state index in [0.717, 1.165) is 43.9 Å². The Kier molecular flexibility index (Phi) is 6.90. The van der Waals surface area contributed by atoms with E-state index in [1.807, 2.05) is 29.2 Å². The van der Waals surface area contributed by atoms with Crippen molar-refractivity contribution in [1.29, 1.82) is 0 Å². The summed E-state index contributed by atoms with van der Waals surface area (Å²) in [7, 11) is 0. The number of hydrogen-bond acceptors (Lipinski definition) is 4. The van der Waals surface area contributed by atoms with Gasteiger partial charge in [0.2, 0.25) is 0 Å². The van der Waals surface area contributed by atoms with E-state index in [0.29, 0.717) is 12.6 Å². The molecule has 3 unspecified atom stereocenters. The second kappa shape index (κ2) is 8.70. The van der Waals surface area contributed by atoms with Crippen LogP contribution in [0.1, 0.15) is 37.0 Å². The predicted octanol–water partition coefficient (Wildman–Crippen LogP) is 2.49. The van der Waals surface area contributed by atoms with E-state index in [1.54, 1.807) is 0 Å². The first-order valence-corrected chi connectivity index (χ1v) is 8.54. The summed E-state index contributed by atoms with van der Waals surface area (Å²) in [6.07, 6.45) is 2.39. The highest BCUT2D eigenvalue weighted by Crippen LogP contribution is 2.19. The van der Waals surface area contributed by atoms with E-state index in [-0.39, 0.29) is 30.5 Å². The third-order valence-corrected chi connectivity index (χ3v) is 4.86. The monoisotopic (exact) mass is 354 g/mol. The van der Waals surface area contributed by atoms with E-state index in [1.165, 1.54) is 0 Å². The highest BCUT2D eigenvalue weighted by molar-refractivity contribution is 5.94. The molecule has 3 atom stereocenters. The molecule has 0 bridgehead atoms. The second-order valence-corrected chi connectivity index (χ2v) is 6.45. The fraction of sp³-hybridized carbons (Fsp3) is 0.611. The zero-order chi connectivity index (χ0) is 16.2. The Bertz CT molecular complexity index is 532. The largest absolute Gasteiger partial charge is 0.491 e. The van der Waals surface area contributed by atoms with Crippen molar-refractivity contribution in [1.82, 2.24) is 10.2 Å². The zero-order valence-electron chi connectivity index (χ0n) is 14.4. The highest BCUT2D eigenvalue weighted by Gasteiger charge is 2.28. The van der Waals surface area contributed by atoms with E-state index < -0.39 is 0 Å². The number of piperazine rings is 1. The Hall–Kier alpha value is -1.30. The summed E-state index contributed by atoms with van der Waals surface area (Å²) in [4.78, 5) is 14.6. The lowest BCUT2D eigenvalue weighted by molar-refractivity contribution is 0.0602. The first-order valence-electron chi connectivity index (χ1n) is 8.54. The van der Waals surface area contributed by atoms with Crippen LogP contribution in [0.5, 0.6) is 5.75 Å². The third kappa shape index (κ3) is 4.41. The summed E-state index contributed by atoms with van der Waals surface area (Å²) in [6.45, 7) is 7.23. The van der Waals surface area contributed by atoms with Gasteiger partial charge in [-0.2, -0.15) is 0 Å². The van der Waals surface area contributed by atoms with Crippen LogP contribution in [-0.2, 0) is 4.74 Å². The van der Waals surface area contributed by atoms with Crippen molar-refractivity contribution < 1.29 is 14.3 Å². The molecule has 0 aliphatic carbocycles. The Balaban J connectivity index is 0.00000208. The summed E-state index contributed by atoms with van der Waals surface area (Å²) in [5, 5.41) is 3.39. The Labute approximate surface area is 150 Å². The standard InChI is InChI=1S/C18H26N2O3.ClH/c1-13-14(2)20(10-9-19-13)18(21)15-5-7-16(8-6-15)23-12-17-4-3-11-22-17;/h5-8,13-14,17,19H,3-4,9-12H2,1-2H3;1H. The van der Waals surface area contributed by atoms with Crippen molar-refractivity contribution in [2.24, 2.45) is 0 Å². The zero-order valence-corrected chi connectivity index (χ0v) is 15.2. The molecule has 1 aromatic carbocycles. The molecule has 2 heterocycles. The molecule has 1 amide bonds. The molecule has 1 N–H and O–H groups in total. The fourth-order valence-electron chi connectivity index (χ4n) is 3.17. The van der Waals surface area contributed by atoms with Crippen LogP contribution < -0.4 is 10.1 Å². The number of nitrogens with zero attached hydrogens (tertiary/aromatic N) is 1. The van der Waals surface area contributed by atoms with Crippen molar-refractivity contribution in [3.63, 3.8) is 0 Å². The number of benzene rings is 1. The minimum atomic E-state index is 0. The van der Waals surface area contributed by atoms with Crippen LogP contribution in [0.3, 0.4) is 0 Å². The number of rotatable bonds is 4. The minimum absolute atomic E-state index is 0. The Morgan fingerprint density at radius 3 is 2.75 bits per heavy atom. The summed E-state index contributed by atoms with van der Waals surface area (Å²) < 4.78 is 11.3. The maximum atomic E-state index is 12.7. The first kappa shape index (κ1) is 19.0. The van der Waals surface area contributed by atoms with E-state index in [9.17, 15) is 4.79 Å². The third-order valence-electron chi connectivity index (χ3n) is 4.86. The molecule has 1 aromatic rings. The highest BCUT2D eigenvalue weighted by atomic mass is 35.5. The normalized spacial score (nSPS) is 26.8. The molecule has 2 fully saturated rings. The number of nitrogens with one attached hydrogen (secondary N) is 1. The number of carbonyl (C=O) groups excluding carboxylic acids is 1. The number of halogens is 1. The topological polar surface area (TPSA) is 50.8 Å². The predicted molar refractivity (Wildman–Crippen MR) is 96.1 cm³/mol. The summed E-state index contributed by atoms with van der Waals surface area (Å²) in [5.41, 5.74) is 0.718. The molecular weight excluding hydrogens is 328 g/mol. The quantitative estimate of drug-likeness (QED) is 0.902. The van der Waals surface area contributed by atoms with Crippen LogP contribution in [0.25, 0.3) is 0 Å². The molecule has 2 aliphatic heterocycles. The van der Waals surface area contributed by atoms with Crippen molar-refractivity contribution >= 4 is 18.3 Å². The molecule has 24 heavy (non-hydrogen) atoms. The van der Waals surface area contributed by atoms with Gasteiger partial charge in [0.1, 0.15) is 12.4 Å². The van der Waals surface area contributed by atoms with Crippen molar-refractivity contribution in [2.75, 3.05) is 26.3 Å². The van der Waals surface area contributed by atoms with Gasteiger partial charge in [-0.3, -0.25) is 4.79 Å². The summed E-state index contributed by atoms with van der Waals surface area (Å²) >= 11 is 0. The summed E-state index contributed by atoms with van der Waals surface area (Å²) in [5.74, 6) is 0.885. The SMILES string of the molecule is CC1NCCN(C(=O)c2ccc(OCC3CCCO3)cc2)C1C.Cl. The number of amides is 1. The van der Waals surface area contributed by atoms with Gasteiger partial charge in [-0.1, -0.05) is 0 Å². The number of carbonyl (C=O) groups is 1. The Morgan fingerprint density at radius 1 is 1.33 bits per heavy atom. The van der Waals surface area contributed by atoms with Crippen molar-refractivity contribution in [3.05, 3.63) is 29.8 Å². The average Bonchev–Trinajstić information content (AvgIpc) is 3.09. The molecule has 2 saturated heterocycles. The smallest absolute Gasteiger partial charge is 0.254 e. The molecule has 5 nitrogen and oxygen atoms in total. The van der Waals surface area contributed by atoms with Crippen LogP contribution in [0.15, 0.2) is 24.3 Å². The van der Waals surface area contributed by atoms with Gasteiger partial charge in [0, 0.05) is 37.3 Å². The van der Waals surface area contributed by atoms with Gasteiger partial charge in [-0.15, -0.1) is 12.4 Å². The maximum absolute atomic E-state index is 12.7. The molecule has 0 spiro atoms. The molecular formula is C18H27ClN2O3. The fourth-order valence-corrected chi connectivity index (χ4v) is 3.17. The Morgan fingerprint density at radius 2 is 2.08 bits per heavy atom. The van der Waals surface area contributed by atoms with Gasteiger partial charge >= 0.3 is 0 Å². The molecule has 2 aliphatic rings. The van der Waals surface area contributed by atoms with Crippen molar-refractivity contribution in [2.45, 2.75) is 44.9 Å². The van der Waals surface area contributed by atoms with Gasteiger partial charge < -0.3 is 19.7 Å². The second-order valence-electron chi connectivity index (χ2n) is 6.45. The molecule has 3 rings (SSSR count). The van der Waals surface area contributed by atoms with Crippen LogP contribution in [0.2, 0.25) is 0 Å². The van der Waals surface area contributed by atoms with Crippen LogP contribution in [0, 0.1) is 0 Å². The number of hydrogen-bond donors (Lipinski definition) is 1. The summed E-state index contributed by atoms with van der Waals surface area (Å²) in [6, 6.07) is 7.98. The molecule has 0 saturated carbocycles. The van der Waals surface area contributed by atoms with Gasteiger partial charge in [0.15, 0.2) is 0 Å². The number of ether oxygens (including phenoxy) is 2. The van der Waals surface area contributed by atoms with Crippen molar-refractivity contribution in [3.8, 4) is 5.75 Å². The van der Waals surface area contributed by atoms with Crippen LogP contribution in [0.4, 0.5) is 0 Å². The minimum Gasteiger partial charge on any atom is -0.491 e. The van der Waals surface area contributed by atoms with Crippen LogP contribution >= 0.6 is 12.4 Å². The maximum Gasteiger partial charge on any atom is 0.254 e. The molecule has 0 aromatic heterocycles. The molecule has 0 radical (unpaired) electrons. The molecule has 134 valence electrons. The van der Waals surface area contributed by atoms with E-state index in [4.69, 9.17) is 9.47 Å². The lowest BCUT2D eigenvalue weighted by atomic mass is 10.1.